The minimum absolute atomic E-state index is 0.187. The molecule has 2 aliphatic rings. The Labute approximate surface area is 151 Å². The molecule has 7 nitrogen and oxygen atoms in total. The van der Waals surface area contributed by atoms with Gasteiger partial charge in [0.15, 0.2) is 5.76 Å². The highest BCUT2D eigenvalue weighted by atomic mass is 16.8. The van der Waals surface area contributed by atoms with Gasteiger partial charge in [-0.2, -0.15) is 0 Å². The molecule has 2 fully saturated rings. The van der Waals surface area contributed by atoms with Gasteiger partial charge in [-0.1, -0.05) is 12.1 Å². The molecule has 2 aromatic rings. The average Bonchev–Trinajstić information content (AvgIpc) is 3.17. The standard InChI is InChI=1S/C19H22O7/c1-10-5-6-11(2)13(8-10)24-19-16(21)15(20)17-14(25-19)9-23-18(26-17)12-4-3-7-22-12/h3-8,14-21H,9H2,1-2H3. The van der Waals surface area contributed by atoms with E-state index in [2.05, 4.69) is 0 Å². The summed E-state index contributed by atoms with van der Waals surface area (Å²) in [5.74, 6) is 1.10. The minimum Gasteiger partial charge on any atom is -0.464 e. The van der Waals surface area contributed by atoms with Crippen LogP contribution in [-0.4, -0.2) is 47.5 Å². The summed E-state index contributed by atoms with van der Waals surface area (Å²) in [6.45, 7) is 4.05. The third-order valence-corrected chi connectivity index (χ3v) is 4.70. The predicted molar refractivity (Wildman–Crippen MR) is 89.5 cm³/mol. The third-order valence-electron chi connectivity index (χ3n) is 4.70. The molecule has 7 heteroatoms. The van der Waals surface area contributed by atoms with Crippen molar-refractivity contribution in [3.05, 3.63) is 53.5 Å². The summed E-state index contributed by atoms with van der Waals surface area (Å²) < 4.78 is 28.3. The largest absolute Gasteiger partial charge is 0.464 e. The summed E-state index contributed by atoms with van der Waals surface area (Å²) in [6.07, 6.45) is -3.98. The molecular formula is C19H22O7. The fourth-order valence-corrected chi connectivity index (χ4v) is 3.20. The molecule has 1 aromatic heterocycles. The highest BCUT2D eigenvalue weighted by Crippen LogP contribution is 2.35. The number of fused-ring (bicyclic) bond motifs is 1. The van der Waals surface area contributed by atoms with Crippen LogP contribution in [0.5, 0.6) is 5.75 Å². The van der Waals surface area contributed by atoms with Gasteiger partial charge >= 0.3 is 0 Å². The molecule has 2 saturated heterocycles. The highest BCUT2D eigenvalue weighted by Gasteiger charge is 2.50. The fraction of sp³-hybridized carbons (Fsp3) is 0.474. The molecule has 0 spiro atoms. The molecule has 0 amide bonds. The van der Waals surface area contributed by atoms with Crippen LogP contribution in [0.4, 0.5) is 0 Å². The van der Waals surface area contributed by atoms with Crippen molar-refractivity contribution in [3.63, 3.8) is 0 Å². The first-order valence-electron chi connectivity index (χ1n) is 8.59. The number of ether oxygens (including phenoxy) is 4. The van der Waals surface area contributed by atoms with E-state index < -0.39 is 37.0 Å². The second-order valence-electron chi connectivity index (χ2n) is 6.69. The first-order chi connectivity index (χ1) is 12.5. The molecule has 0 saturated carbocycles. The van der Waals surface area contributed by atoms with Gasteiger partial charge < -0.3 is 33.6 Å². The molecule has 26 heavy (non-hydrogen) atoms. The van der Waals surface area contributed by atoms with E-state index in [0.29, 0.717) is 11.5 Å². The van der Waals surface area contributed by atoms with Gasteiger partial charge in [0.2, 0.25) is 12.6 Å². The lowest BCUT2D eigenvalue weighted by molar-refractivity contribution is -0.352. The summed E-state index contributed by atoms with van der Waals surface area (Å²) in [7, 11) is 0. The van der Waals surface area contributed by atoms with Gasteiger partial charge in [-0.15, -0.1) is 0 Å². The van der Waals surface area contributed by atoms with Crippen LogP contribution in [0.2, 0.25) is 0 Å². The van der Waals surface area contributed by atoms with Crippen LogP contribution >= 0.6 is 0 Å². The summed E-state index contributed by atoms with van der Waals surface area (Å²) in [5, 5.41) is 21.0. The molecule has 140 valence electrons. The Bertz CT molecular complexity index is 742. The number of hydrogen-bond acceptors (Lipinski definition) is 7. The number of furan rings is 1. The van der Waals surface area contributed by atoms with Crippen molar-refractivity contribution >= 4 is 0 Å². The van der Waals surface area contributed by atoms with Crippen LogP contribution in [0.25, 0.3) is 0 Å². The van der Waals surface area contributed by atoms with Gasteiger partial charge in [-0.25, -0.2) is 0 Å². The first kappa shape index (κ1) is 17.5. The lowest BCUT2D eigenvalue weighted by Gasteiger charge is -2.45. The Morgan fingerprint density at radius 2 is 1.92 bits per heavy atom. The van der Waals surface area contributed by atoms with Gasteiger partial charge in [0, 0.05) is 0 Å². The van der Waals surface area contributed by atoms with E-state index in [0.717, 1.165) is 11.1 Å². The van der Waals surface area contributed by atoms with Crippen LogP contribution in [0.15, 0.2) is 41.0 Å². The Hall–Kier alpha value is -1.90. The van der Waals surface area contributed by atoms with Crippen LogP contribution in [0.1, 0.15) is 23.2 Å². The SMILES string of the molecule is Cc1ccc(C)c(OC2OC3COC(c4ccco4)OC3C(O)C2O)c1. The molecule has 0 aliphatic carbocycles. The minimum atomic E-state index is -1.26. The van der Waals surface area contributed by atoms with Gasteiger partial charge in [0.1, 0.15) is 30.2 Å². The molecule has 1 aromatic carbocycles. The summed E-state index contributed by atoms with van der Waals surface area (Å²) in [6, 6.07) is 9.22. The molecule has 0 radical (unpaired) electrons. The first-order valence-corrected chi connectivity index (χ1v) is 8.59. The summed E-state index contributed by atoms with van der Waals surface area (Å²) >= 11 is 0. The van der Waals surface area contributed by atoms with E-state index in [4.69, 9.17) is 23.4 Å². The molecule has 2 aliphatic heterocycles. The predicted octanol–water partition coefficient (Wildman–Crippen LogP) is 1.84. The van der Waals surface area contributed by atoms with Gasteiger partial charge in [0.05, 0.1) is 12.9 Å². The lowest BCUT2D eigenvalue weighted by atomic mass is 9.98. The highest BCUT2D eigenvalue weighted by molar-refractivity contribution is 5.36. The Morgan fingerprint density at radius 1 is 1.08 bits per heavy atom. The lowest BCUT2D eigenvalue weighted by Crippen LogP contribution is -2.62. The zero-order valence-corrected chi connectivity index (χ0v) is 14.6. The van der Waals surface area contributed by atoms with Crippen LogP contribution in [-0.2, 0) is 14.2 Å². The molecule has 3 heterocycles. The smallest absolute Gasteiger partial charge is 0.229 e. The molecule has 6 unspecified atom stereocenters. The summed E-state index contributed by atoms with van der Waals surface area (Å²) in [5.41, 5.74) is 1.94. The second kappa shape index (κ2) is 7.02. The van der Waals surface area contributed by atoms with E-state index in [1.165, 1.54) is 6.26 Å². The van der Waals surface area contributed by atoms with E-state index in [-0.39, 0.29) is 6.61 Å². The van der Waals surface area contributed by atoms with Crippen LogP contribution in [0.3, 0.4) is 0 Å². The fourth-order valence-electron chi connectivity index (χ4n) is 3.20. The van der Waals surface area contributed by atoms with Crippen molar-refractivity contribution in [2.24, 2.45) is 0 Å². The van der Waals surface area contributed by atoms with Gasteiger partial charge in [-0.3, -0.25) is 0 Å². The molecule has 4 rings (SSSR count). The average molecular weight is 362 g/mol. The molecular weight excluding hydrogens is 340 g/mol. The van der Waals surface area contributed by atoms with Crippen molar-refractivity contribution in [2.75, 3.05) is 6.61 Å². The van der Waals surface area contributed by atoms with E-state index in [1.807, 2.05) is 32.0 Å². The maximum absolute atomic E-state index is 10.5. The zero-order chi connectivity index (χ0) is 18.3. The monoisotopic (exact) mass is 362 g/mol. The topological polar surface area (TPSA) is 90.5 Å². The van der Waals surface area contributed by atoms with Crippen LogP contribution < -0.4 is 4.74 Å². The van der Waals surface area contributed by atoms with E-state index in [1.54, 1.807) is 12.1 Å². The van der Waals surface area contributed by atoms with Crippen molar-refractivity contribution < 1.29 is 33.6 Å². The van der Waals surface area contributed by atoms with Crippen molar-refractivity contribution in [1.82, 2.24) is 0 Å². The number of aliphatic hydroxyl groups excluding tert-OH is 2. The maximum Gasteiger partial charge on any atom is 0.229 e. The van der Waals surface area contributed by atoms with Crippen LogP contribution in [0, 0.1) is 13.8 Å². The third kappa shape index (κ3) is 3.24. The van der Waals surface area contributed by atoms with Crippen molar-refractivity contribution in [2.45, 2.75) is 50.8 Å². The Balaban J connectivity index is 1.48. The van der Waals surface area contributed by atoms with Gasteiger partial charge in [0.25, 0.3) is 0 Å². The number of rotatable bonds is 3. The second-order valence-corrected chi connectivity index (χ2v) is 6.69. The zero-order valence-electron chi connectivity index (χ0n) is 14.6. The number of benzene rings is 1. The molecule has 0 bridgehead atoms. The number of aryl methyl sites for hydroxylation is 2. The summed E-state index contributed by atoms with van der Waals surface area (Å²) in [4.78, 5) is 0. The molecule has 2 N–H and O–H groups in total. The maximum atomic E-state index is 10.5. The van der Waals surface area contributed by atoms with Crippen molar-refractivity contribution in [3.8, 4) is 5.75 Å². The normalized spacial score (nSPS) is 34.3. The Kier molecular flexibility index (Phi) is 4.73. The van der Waals surface area contributed by atoms with Crippen molar-refractivity contribution in [1.29, 1.82) is 0 Å². The quantitative estimate of drug-likeness (QED) is 0.861. The number of hydrogen-bond donors (Lipinski definition) is 2. The molecule has 6 atom stereocenters. The van der Waals surface area contributed by atoms with E-state index in [9.17, 15) is 10.2 Å². The van der Waals surface area contributed by atoms with E-state index >= 15 is 0 Å². The number of aliphatic hydroxyl groups is 2. The Morgan fingerprint density at radius 3 is 2.69 bits per heavy atom. The van der Waals surface area contributed by atoms with Gasteiger partial charge in [-0.05, 0) is 43.2 Å².